The van der Waals surface area contributed by atoms with Crippen molar-refractivity contribution < 1.29 is 19.1 Å². The predicted molar refractivity (Wildman–Crippen MR) is 83.8 cm³/mol. The van der Waals surface area contributed by atoms with Gasteiger partial charge in [-0.2, -0.15) is 0 Å². The summed E-state index contributed by atoms with van der Waals surface area (Å²) >= 11 is 0. The minimum Gasteiger partial charge on any atom is -0.494 e. The van der Waals surface area contributed by atoms with Crippen molar-refractivity contribution in [2.45, 2.75) is 26.8 Å². The lowest BCUT2D eigenvalue weighted by atomic mass is 10.0. The van der Waals surface area contributed by atoms with E-state index in [1.807, 2.05) is 39.0 Å². The SMILES string of the molecule is CCOc1ccc(C)cc1C(C)NC(=O)C(=O)NCCOC. The van der Waals surface area contributed by atoms with Crippen molar-refractivity contribution in [3.63, 3.8) is 0 Å². The zero-order valence-electron chi connectivity index (χ0n) is 13.6. The van der Waals surface area contributed by atoms with E-state index < -0.39 is 11.8 Å². The third kappa shape index (κ3) is 5.37. The first kappa shape index (κ1) is 18.0. The molecule has 0 spiro atoms. The predicted octanol–water partition coefficient (Wildman–Crippen LogP) is 1.33. The number of hydrogen-bond donors (Lipinski definition) is 2. The molecule has 0 bridgehead atoms. The van der Waals surface area contributed by atoms with Gasteiger partial charge in [-0.3, -0.25) is 9.59 Å². The summed E-state index contributed by atoms with van der Waals surface area (Å²) in [5.74, 6) is -0.636. The molecule has 6 heteroatoms. The van der Waals surface area contributed by atoms with Crippen molar-refractivity contribution in [2.24, 2.45) is 0 Å². The molecule has 0 heterocycles. The Balaban J connectivity index is 2.71. The molecular weight excluding hydrogens is 284 g/mol. The van der Waals surface area contributed by atoms with Crippen LogP contribution in [0, 0.1) is 6.92 Å². The first-order chi connectivity index (χ1) is 10.5. The van der Waals surface area contributed by atoms with Gasteiger partial charge in [-0.25, -0.2) is 0 Å². The van der Waals surface area contributed by atoms with Crippen LogP contribution in [0.15, 0.2) is 18.2 Å². The quantitative estimate of drug-likeness (QED) is 0.588. The highest BCUT2D eigenvalue weighted by Gasteiger charge is 2.19. The molecule has 1 aromatic carbocycles. The molecule has 6 nitrogen and oxygen atoms in total. The van der Waals surface area contributed by atoms with E-state index in [1.54, 1.807) is 0 Å². The highest BCUT2D eigenvalue weighted by atomic mass is 16.5. The van der Waals surface area contributed by atoms with Gasteiger partial charge in [0.25, 0.3) is 0 Å². The largest absolute Gasteiger partial charge is 0.494 e. The van der Waals surface area contributed by atoms with Gasteiger partial charge in [-0.1, -0.05) is 17.7 Å². The summed E-state index contributed by atoms with van der Waals surface area (Å²) in [4.78, 5) is 23.5. The van der Waals surface area contributed by atoms with E-state index in [2.05, 4.69) is 10.6 Å². The van der Waals surface area contributed by atoms with Gasteiger partial charge in [-0.05, 0) is 26.8 Å². The molecule has 0 saturated heterocycles. The van der Waals surface area contributed by atoms with Gasteiger partial charge in [0, 0.05) is 19.2 Å². The van der Waals surface area contributed by atoms with Crippen LogP contribution in [0.25, 0.3) is 0 Å². The summed E-state index contributed by atoms with van der Waals surface area (Å²) in [6.07, 6.45) is 0. The number of methoxy groups -OCH3 is 1. The fourth-order valence-corrected chi connectivity index (χ4v) is 1.98. The summed E-state index contributed by atoms with van der Waals surface area (Å²) < 4.78 is 10.4. The minimum atomic E-state index is -0.674. The molecule has 122 valence electrons. The molecule has 2 N–H and O–H groups in total. The summed E-state index contributed by atoms with van der Waals surface area (Å²) in [7, 11) is 1.53. The average Bonchev–Trinajstić information content (AvgIpc) is 2.49. The highest BCUT2D eigenvalue weighted by molar-refractivity contribution is 6.35. The smallest absolute Gasteiger partial charge is 0.309 e. The van der Waals surface area contributed by atoms with Gasteiger partial charge in [0.15, 0.2) is 0 Å². The molecule has 2 amide bonds. The monoisotopic (exact) mass is 308 g/mol. The van der Waals surface area contributed by atoms with E-state index in [0.717, 1.165) is 11.1 Å². The Kier molecular flexibility index (Phi) is 7.39. The molecule has 0 saturated carbocycles. The zero-order chi connectivity index (χ0) is 16.5. The van der Waals surface area contributed by atoms with Gasteiger partial charge >= 0.3 is 11.8 Å². The Bertz CT molecular complexity index is 517. The van der Waals surface area contributed by atoms with E-state index in [1.165, 1.54) is 7.11 Å². The maximum absolute atomic E-state index is 11.9. The standard InChI is InChI=1S/C16H24N2O4/c1-5-22-14-7-6-11(2)10-13(14)12(3)18-16(20)15(19)17-8-9-21-4/h6-7,10,12H,5,8-9H2,1-4H3,(H,17,19)(H,18,20). The average molecular weight is 308 g/mol. The lowest BCUT2D eigenvalue weighted by molar-refractivity contribution is -0.139. The molecule has 0 aliphatic carbocycles. The topological polar surface area (TPSA) is 76.7 Å². The second-order valence-corrected chi connectivity index (χ2v) is 4.92. The van der Waals surface area contributed by atoms with Crippen LogP contribution >= 0.6 is 0 Å². The number of rotatable bonds is 7. The highest BCUT2D eigenvalue weighted by Crippen LogP contribution is 2.26. The number of carbonyl (C=O) groups excluding carboxylic acids is 2. The van der Waals surface area contributed by atoms with Crippen LogP contribution in [0.5, 0.6) is 5.75 Å². The molecule has 0 aliphatic heterocycles. The van der Waals surface area contributed by atoms with Gasteiger partial charge in [-0.15, -0.1) is 0 Å². The van der Waals surface area contributed by atoms with Crippen LogP contribution in [-0.4, -0.2) is 38.7 Å². The molecule has 1 unspecified atom stereocenters. The van der Waals surface area contributed by atoms with Crippen molar-refractivity contribution in [1.82, 2.24) is 10.6 Å². The van der Waals surface area contributed by atoms with Crippen LogP contribution in [0.1, 0.15) is 31.0 Å². The molecule has 0 aliphatic rings. The van der Waals surface area contributed by atoms with Crippen LogP contribution in [0.2, 0.25) is 0 Å². The number of ether oxygens (including phenoxy) is 2. The van der Waals surface area contributed by atoms with Crippen LogP contribution in [0.4, 0.5) is 0 Å². The normalized spacial score (nSPS) is 11.6. The number of benzene rings is 1. The Morgan fingerprint density at radius 3 is 2.64 bits per heavy atom. The maximum Gasteiger partial charge on any atom is 0.309 e. The van der Waals surface area contributed by atoms with Crippen LogP contribution in [-0.2, 0) is 14.3 Å². The van der Waals surface area contributed by atoms with Gasteiger partial charge in [0.2, 0.25) is 0 Å². The van der Waals surface area contributed by atoms with Crippen LogP contribution in [0.3, 0.4) is 0 Å². The Labute approximate surface area is 131 Å². The number of hydrogen-bond acceptors (Lipinski definition) is 4. The van der Waals surface area contributed by atoms with Crippen molar-refractivity contribution in [3.05, 3.63) is 29.3 Å². The molecule has 0 radical (unpaired) electrons. The third-order valence-corrected chi connectivity index (χ3v) is 3.08. The summed E-state index contributed by atoms with van der Waals surface area (Å²) in [5, 5.41) is 5.16. The lowest BCUT2D eigenvalue weighted by Gasteiger charge is -2.18. The van der Waals surface area contributed by atoms with E-state index in [4.69, 9.17) is 9.47 Å². The lowest BCUT2D eigenvalue weighted by Crippen LogP contribution is -2.42. The number of carbonyl (C=O) groups is 2. The van der Waals surface area contributed by atoms with Crippen LogP contribution < -0.4 is 15.4 Å². The Morgan fingerprint density at radius 2 is 2.00 bits per heavy atom. The zero-order valence-corrected chi connectivity index (χ0v) is 13.6. The molecule has 1 aromatic rings. The second-order valence-electron chi connectivity index (χ2n) is 4.92. The summed E-state index contributed by atoms with van der Waals surface area (Å²) in [6.45, 7) is 6.87. The summed E-state index contributed by atoms with van der Waals surface area (Å²) in [6, 6.07) is 5.43. The van der Waals surface area contributed by atoms with Crippen molar-refractivity contribution in [3.8, 4) is 5.75 Å². The molecule has 22 heavy (non-hydrogen) atoms. The first-order valence-electron chi connectivity index (χ1n) is 7.30. The fraction of sp³-hybridized carbons (Fsp3) is 0.500. The molecule has 0 fully saturated rings. The fourth-order valence-electron chi connectivity index (χ4n) is 1.98. The van der Waals surface area contributed by atoms with Gasteiger partial charge < -0.3 is 20.1 Å². The molecule has 0 aromatic heterocycles. The molecule has 1 atom stereocenters. The van der Waals surface area contributed by atoms with Crippen molar-refractivity contribution in [1.29, 1.82) is 0 Å². The summed E-state index contributed by atoms with van der Waals surface area (Å²) in [5.41, 5.74) is 1.91. The van der Waals surface area contributed by atoms with E-state index in [0.29, 0.717) is 25.5 Å². The number of nitrogens with one attached hydrogen (secondary N) is 2. The molecule has 1 rings (SSSR count). The number of amides is 2. The van der Waals surface area contributed by atoms with Crippen molar-refractivity contribution >= 4 is 11.8 Å². The maximum atomic E-state index is 11.9. The third-order valence-electron chi connectivity index (χ3n) is 3.08. The number of aryl methyl sites for hydroxylation is 1. The van der Waals surface area contributed by atoms with Gasteiger partial charge in [0.05, 0.1) is 19.3 Å². The Morgan fingerprint density at radius 1 is 1.27 bits per heavy atom. The molecular formula is C16H24N2O4. The van der Waals surface area contributed by atoms with Gasteiger partial charge in [0.1, 0.15) is 5.75 Å². The van der Waals surface area contributed by atoms with E-state index in [-0.39, 0.29) is 6.04 Å². The first-order valence-corrected chi connectivity index (χ1v) is 7.30. The minimum absolute atomic E-state index is 0.297. The van der Waals surface area contributed by atoms with E-state index >= 15 is 0 Å². The Hall–Kier alpha value is -2.08. The van der Waals surface area contributed by atoms with Crippen molar-refractivity contribution in [2.75, 3.05) is 26.9 Å². The second kappa shape index (κ2) is 9.04. The van der Waals surface area contributed by atoms with E-state index in [9.17, 15) is 9.59 Å².